The zero-order valence-electron chi connectivity index (χ0n) is 11.7. The van der Waals surface area contributed by atoms with E-state index in [2.05, 4.69) is 13.8 Å². The highest BCUT2D eigenvalue weighted by Crippen LogP contribution is 2.28. The van der Waals surface area contributed by atoms with Gasteiger partial charge in [0.15, 0.2) is 11.5 Å². The van der Waals surface area contributed by atoms with Crippen LogP contribution in [0.4, 0.5) is 0 Å². The summed E-state index contributed by atoms with van der Waals surface area (Å²) in [5.74, 6) is 1.83. The van der Waals surface area contributed by atoms with Gasteiger partial charge in [-0.1, -0.05) is 19.9 Å². The van der Waals surface area contributed by atoms with Crippen LogP contribution in [0.3, 0.4) is 0 Å². The molecule has 0 N–H and O–H groups in total. The third-order valence-electron chi connectivity index (χ3n) is 3.27. The van der Waals surface area contributed by atoms with Gasteiger partial charge in [-0.25, -0.2) is 0 Å². The molecule has 3 heteroatoms. The zero-order chi connectivity index (χ0) is 13.5. The molecule has 1 aromatic rings. The van der Waals surface area contributed by atoms with Crippen molar-refractivity contribution in [2.24, 2.45) is 5.92 Å². The van der Waals surface area contributed by atoms with E-state index in [9.17, 15) is 4.79 Å². The summed E-state index contributed by atoms with van der Waals surface area (Å²) in [5, 5.41) is 0. The minimum atomic E-state index is 0.165. The molecule has 0 saturated heterocycles. The predicted molar refractivity (Wildman–Crippen MR) is 72.3 cm³/mol. The fourth-order valence-electron chi connectivity index (χ4n) is 2.08. The second kappa shape index (κ2) is 7.04. The van der Waals surface area contributed by atoms with Crippen molar-refractivity contribution in [1.29, 1.82) is 0 Å². The zero-order valence-corrected chi connectivity index (χ0v) is 11.7. The molecule has 0 aliphatic rings. The van der Waals surface area contributed by atoms with Gasteiger partial charge in [-0.15, -0.1) is 0 Å². The SMILES string of the molecule is CCC(CC)C(=O)Cc1ccc(OC)c(OC)c1. The molecule has 0 heterocycles. The molecule has 100 valence electrons. The molecule has 0 amide bonds. The molecule has 0 aliphatic carbocycles. The summed E-state index contributed by atoms with van der Waals surface area (Å²) in [6.07, 6.45) is 2.28. The van der Waals surface area contributed by atoms with E-state index >= 15 is 0 Å². The van der Waals surface area contributed by atoms with Gasteiger partial charge in [0.1, 0.15) is 5.78 Å². The van der Waals surface area contributed by atoms with Gasteiger partial charge in [-0.05, 0) is 30.5 Å². The fraction of sp³-hybridized carbons (Fsp3) is 0.533. The van der Waals surface area contributed by atoms with Crippen molar-refractivity contribution in [2.75, 3.05) is 14.2 Å². The minimum Gasteiger partial charge on any atom is -0.493 e. The number of ketones is 1. The number of hydrogen-bond donors (Lipinski definition) is 0. The first-order valence-electron chi connectivity index (χ1n) is 6.39. The number of carbonyl (C=O) groups is 1. The molecule has 0 bridgehead atoms. The first kappa shape index (κ1) is 14.6. The van der Waals surface area contributed by atoms with Gasteiger partial charge in [-0.2, -0.15) is 0 Å². The lowest BCUT2D eigenvalue weighted by Crippen LogP contribution is -2.15. The van der Waals surface area contributed by atoms with Gasteiger partial charge in [0, 0.05) is 12.3 Å². The third kappa shape index (κ3) is 3.49. The maximum atomic E-state index is 12.1. The Balaban J connectivity index is 2.82. The van der Waals surface area contributed by atoms with Crippen LogP contribution >= 0.6 is 0 Å². The number of carbonyl (C=O) groups excluding carboxylic acids is 1. The monoisotopic (exact) mass is 250 g/mol. The standard InChI is InChI=1S/C15H22O3/c1-5-12(6-2)13(16)9-11-7-8-14(17-3)15(10-11)18-4/h7-8,10,12H,5-6,9H2,1-4H3. The van der Waals surface area contributed by atoms with E-state index in [-0.39, 0.29) is 5.92 Å². The van der Waals surface area contributed by atoms with E-state index in [1.807, 2.05) is 18.2 Å². The van der Waals surface area contributed by atoms with Gasteiger partial charge >= 0.3 is 0 Å². The van der Waals surface area contributed by atoms with Crippen LogP contribution in [-0.2, 0) is 11.2 Å². The average molecular weight is 250 g/mol. The smallest absolute Gasteiger partial charge is 0.161 e. The summed E-state index contributed by atoms with van der Waals surface area (Å²) >= 11 is 0. The molecule has 0 saturated carbocycles. The van der Waals surface area contributed by atoms with E-state index in [0.717, 1.165) is 18.4 Å². The minimum absolute atomic E-state index is 0.165. The Morgan fingerprint density at radius 3 is 2.22 bits per heavy atom. The Labute approximate surface area is 109 Å². The maximum absolute atomic E-state index is 12.1. The summed E-state index contributed by atoms with van der Waals surface area (Å²) in [7, 11) is 3.21. The first-order valence-corrected chi connectivity index (χ1v) is 6.39. The van der Waals surface area contributed by atoms with Crippen LogP contribution in [0.25, 0.3) is 0 Å². The molecule has 0 aromatic heterocycles. The summed E-state index contributed by atoms with van der Waals surface area (Å²) < 4.78 is 10.4. The largest absolute Gasteiger partial charge is 0.493 e. The second-order valence-electron chi connectivity index (χ2n) is 4.35. The Morgan fingerprint density at radius 1 is 1.11 bits per heavy atom. The lowest BCUT2D eigenvalue weighted by Gasteiger charge is -2.12. The molecular weight excluding hydrogens is 228 g/mol. The highest BCUT2D eigenvalue weighted by atomic mass is 16.5. The van der Waals surface area contributed by atoms with E-state index in [1.165, 1.54) is 0 Å². The second-order valence-corrected chi connectivity index (χ2v) is 4.35. The maximum Gasteiger partial charge on any atom is 0.161 e. The van der Waals surface area contributed by atoms with Crippen molar-refractivity contribution < 1.29 is 14.3 Å². The van der Waals surface area contributed by atoms with Crippen LogP contribution in [-0.4, -0.2) is 20.0 Å². The Kier molecular flexibility index (Phi) is 5.69. The summed E-state index contributed by atoms with van der Waals surface area (Å²) in [5.41, 5.74) is 0.976. The van der Waals surface area contributed by atoms with Crippen LogP contribution in [0.2, 0.25) is 0 Å². The van der Waals surface area contributed by atoms with Gasteiger partial charge in [0.2, 0.25) is 0 Å². The predicted octanol–water partition coefficient (Wildman–Crippen LogP) is 3.25. The van der Waals surface area contributed by atoms with Crippen molar-refractivity contribution in [3.63, 3.8) is 0 Å². The molecular formula is C15H22O3. The topological polar surface area (TPSA) is 35.5 Å². The lowest BCUT2D eigenvalue weighted by molar-refractivity contribution is -0.122. The summed E-state index contributed by atoms with van der Waals surface area (Å²) in [4.78, 5) is 12.1. The molecule has 1 rings (SSSR count). The molecule has 1 aromatic carbocycles. The molecule has 0 aliphatic heterocycles. The molecule has 18 heavy (non-hydrogen) atoms. The number of Topliss-reactive ketones (excluding diaryl/α,β-unsaturated/α-hetero) is 1. The Hall–Kier alpha value is -1.51. The van der Waals surface area contributed by atoms with Gasteiger partial charge in [-0.3, -0.25) is 4.79 Å². The number of methoxy groups -OCH3 is 2. The van der Waals surface area contributed by atoms with E-state index in [1.54, 1.807) is 14.2 Å². The van der Waals surface area contributed by atoms with Crippen molar-refractivity contribution in [2.45, 2.75) is 33.1 Å². The van der Waals surface area contributed by atoms with Crippen LogP contribution in [0.1, 0.15) is 32.3 Å². The molecule has 0 fully saturated rings. The van der Waals surface area contributed by atoms with Crippen LogP contribution in [0.15, 0.2) is 18.2 Å². The van der Waals surface area contributed by atoms with Gasteiger partial charge in [0.05, 0.1) is 14.2 Å². The van der Waals surface area contributed by atoms with Crippen molar-refractivity contribution in [3.05, 3.63) is 23.8 Å². The normalized spacial score (nSPS) is 10.5. The highest BCUT2D eigenvalue weighted by molar-refractivity contribution is 5.83. The van der Waals surface area contributed by atoms with Gasteiger partial charge < -0.3 is 9.47 Å². The van der Waals surface area contributed by atoms with Crippen LogP contribution < -0.4 is 9.47 Å². The number of rotatable bonds is 7. The quantitative estimate of drug-likeness (QED) is 0.745. The van der Waals surface area contributed by atoms with Crippen LogP contribution in [0, 0.1) is 5.92 Å². The Morgan fingerprint density at radius 2 is 1.72 bits per heavy atom. The van der Waals surface area contributed by atoms with Crippen molar-refractivity contribution in [3.8, 4) is 11.5 Å². The lowest BCUT2D eigenvalue weighted by atomic mass is 9.93. The molecule has 0 unspecified atom stereocenters. The average Bonchev–Trinajstić information content (AvgIpc) is 2.40. The third-order valence-corrected chi connectivity index (χ3v) is 3.27. The van der Waals surface area contributed by atoms with Crippen molar-refractivity contribution in [1.82, 2.24) is 0 Å². The Bertz CT molecular complexity index is 395. The molecule has 3 nitrogen and oxygen atoms in total. The molecule has 0 radical (unpaired) electrons. The number of benzene rings is 1. The van der Waals surface area contributed by atoms with Crippen molar-refractivity contribution >= 4 is 5.78 Å². The van der Waals surface area contributed by atoms with E-state index < -0.39 is 0 Å². The highest BCUT2D eigenvalue weighted by Gasteiger charge is 2.15. The summed E-state index contributed by atoms with van der Waals surface area (Å²) in [6.45, 7) is 4.11. The fourth-order valence-corrected chi connectivity index (χ4v) is 2.08. The summed E-state index contributed by atoms with van der Waals surface area (Å²) in [6, 6.07) is 5.63. The first-order chi connectivity index (χ1) is 8.65. The molecule has 0 spiro atoms. The van der Waals surface area contributed by atoms with Crippen LogP contribution in [0.5, 0.6) is 11.5 Å². The number of hydrogen-bond acceptors (Lipinski definition) is 3. The van der Waals surface area contributed by atoms with E-state index in [4.69, 9.17) is 9.47 Å². The van der Waals surface area contributed by atoms with E-state index in [0.29, 0.717) is 23.7 Å². The van der Waals surface area contributed by atoms with Gasteiger partial charge in [0.25, 0.3) is 0 Å². The number of ether oxygens (including phenoxy) is 2. The molecule has 0 atom stereocenters.